The molecule has 1 unspecified atom stereocenters. The molecule has 0 fully saturated rings. The van der Waals surface area contributed by atoms with Gasteiger partial charge in [0.05, 0.1) is 6.04 Å². The maximum absolute atomic E-state index is 11.1. The summed E-state index contributed by atoms with van der Waals surface area (Å²) in [6, 6.07) is -0.279. The molecule has 0 aromatic heterocycles. The molecule has 82 valence electrons. The first-order valence-corrected chi connectivity index (χ1v) is 4.55. The van der Waals surface area contributed by atoms with E-state index in [1.54, 1.807) is 25.2 Å². The first-order chi connectivity index (χ1) is 7.02. The van der Waals surface area contributed by atoms with Gasteiger partial charge in [-0.3, -0.25) is 9.59 Å². The molecular weight excluding hydrogens is 192 g/mol. The molecule has 1 amide bonds. The van der Waals surface area contributed by atoms with Crippen LogP contribution in [0.4, 0.5) is 0 Å². The molecule has 0 saturated heterocycles. The number of rotatable bonds is 5. The number of ketones is 1. The molecule has 0 aliphatic carbocycles. The molecule has 0 bridgehead atoms. The van der Waals surface area contributed by atoms with Gasteiger partial charge in [0.1, 0.15) is 0 Å². The van der Waals surface area contributed by atoms with Crippen molar-refractivity contribution in [3.63, 3.8) is 0 Å². The summed E-state index contributed by atoms with van der Waals surface area (Å²) in [5.41, 5.74) is 6.03. The monoisotopic (exact) mass is 208 g/mol. The van der Waals surface area contributed by atoms with E-state index in [0.717, 1.165) is 5.57 Å². The van der Waals surface area contributed by atoms with Crippen molar-refractivity contribution in [3.05, 3.63) is 36.6 Å². The fourth-order valence-electron chi connectivity index (χ4n) is 0.973. The lowest BCUT2D eigenvalue weighted by molar-refractivity contribution is -0.136. The van der Waals surface area contributed by atoms with Crippen LogP contribution in [0.5, 0.6) is 0 Å². The summed E-state index contributed by atoms with van der Waals surface area (Å²) in [7, 11) is 0. The predicted molar refractivity (Wildman–Crippen MR) is 59.9 cm³/mol. The Labute approximate surface area is 89.5 Å². The Bertz CT molecular complexity index is 317. The van der Waals surface area contributed by atoms with E-state index in [4.69, 9.17) is 5.73 Å². The highest BCUT2D eigenvalue weighted by Gasteiger charge is 2.12. The fraction of sp³-hybridized carbons (Fsp3) is 0.273. The lowest BCUT2D eigenvalue weighted by atomic mass is 10.1. The van der Waals surface area contributed by atoms with Crippen LogP contribution < -0.4 is 11.1 Å². The van der Waals surface area contributed by atoms with Crippen LogP contribution in [-0.4, -0.2) is 17.7 Å². The molecule has 0 aromatic rings. The third kappa shape index (κ3) is 4.81. The smallest absolute Gasteiger partial charge is 0.287 e. The van der Waals surface area contributed by atoms with Crippen LogP contribution in [0.25, 0.3) is 0 Å². The minimum absolute atomic E-state index is 0.279. The van der Waals surface area contributed by atoms with E-state index in [0.29, 0.717) is 0 Å². The average molecular weight is 208 g/mol. The summed E-state index contributed by atoms with van der Waals surface area (Å²) in [6.07, 6.45) is 6.32. The Morgan fingerprint density at radius 1 is 1.47 bits per heavy atom. The zero-order valence-electron chi connectivity index (χ0n) is 8.99. The number of nitrogens with two attached hydrogens (primary N) is 1. The summed E-state index contributed by atoms with van der Waals surface area (Å²) in [5, 5.41) is 2.54. The zero-order chi connectivity index (χ0) is 11.8. The van der Waals surface area contributed by atoms with Gasteiger partial charge in [0, 0.05) is 6.92 Å². The first kappa shape index (κ1) is 13.2. The van der Waals surface area contributed by atoms with E-state index in [9.17, 15) is 9.59 Å². The number of carbonyl (C=O) groups is 2. The van der Waals surface area contributed by atoms with Gasteiger partial charge in [-0.1, -0.05) is 18.7 Å². The van der Waals surface area contributed by atoms with Crippen LogP contribution in [0, 0.1) is 0 Å². The van der Waals surface area contributed by atoms with E-state index in [1.807, 2.05) is 0 Å². The molecule has 15 heavy (non-hydrogen) atoms. The van der Waals surface area contributed by atoms with Crippen molar-refractivity contribution >= 4 is 11.7 Å². The highest BCUT2D eigenvalue weighted by atomic mass is 16.2. The number of nitrogens with one attached hydrogen (secondary N) is 1. The third-order valence-electron chi connectivity index (χ3n) is 1.77. The van der Waals surface area contributed by atoms with Crippen LogP contribution in [0.2, 0.25) is 0 Å². The quantitative estimate of drug-likeness (QED) is 0.515. The highest BCUT2D eigenvalue weighted by Crippen LogP contribution is 2.03. The van der Waals surface area contributed by atoms with E-state index in [-0.39, 0.29) is 6.04 Å². The van der Waals surface area contributed by atoms with Crippen molar-refractivity contribution in [1.29, 1.82) is 0 Å². The normalized spacial score (nSPS) is 13.6. The summed E-state index contributed by atoms with van der Waals surface area (Å²) in [5.74, 6) is -1.13. The molecule has 4 nitrogen and oxygen atoms in total. The molecule has 0 heterocycles. The van der Waals surface area contributed by atoms with E-state index in [1.165, 1.54) is 13.1 Å². The number of Topliss-reactive ketones (excluding diaryl/α,β-unsaturated/α-hetero) is 1. The van der Waals surface area contributed by atoms with Crippen LogP contribution in [0.3, 0.4) is 0 Å². The summed E-state index contributed by atoms with van der Waals surface area (Å²) >= 11 is 0. The summed E-state index contributed by atoms with van der Waals surface area (Å²) < 4.78 is 0. The molecule has 0 radical (unpaired) electrons. The minimum atomic E-state index is -0.608. The molecule has 4 heteroatoms. The van der Waals surface area contributed by atoms with Crippen molar-refractivity contribution < 1.29 is 9.59 Å². The van der Waals surface area contributed by atoms with Crippen molar-refractivity contribution in [2.45, 2.75) is 19.9 Å². The standard InChI is InChI=1S/C11H16N2O2/c1-4-5-10(6-7-12)8(2)13-11(15)9(3)14/h4-8H,1,12H2,2-3H3,(H,13,15)/b7-6-,10-5+. The van der Waals surface area contributed by atoms with Gasteiger partial charge in [0.15, 0.2) is 0 Å². The molecule has 0 spiro atoms. The van der Waals surface area contributed by atoms with Gasteiger partial charge in [-0.05, 0) is 24.8 Å². The lowest BCUT2D eigenvalue weighted by Crippen LogP contribution is -2.37. The van der Waals surface area contributed by atoms with Crippen LogP contribution in [0.15, 0.2) is 36.6 Å². The second kappa shape index (κ2) is 6.59. The van der Waals surface area contributed by atoms with Crippen molar-refractivity contribution in [3.8, 4) is 0 Å². The van der Waals surface area contributed by atoms with Gasteiger partial charge >= 0.3 is 0 Å². The Morgan fingerprint density at radius 3 is 2.47 bits per heavy atom. The van der Waals surface area contributed by atoms with Gasteiger partial charge in [-0.25, -0.2) is 0 Å². The fourth-order valence-corrected chi connectivity index (χ4v) is 0.973. The van der Waals surface area contributed by atoms with E-state index >= 15 is 0 Å². The Kier molecular flexibility index (Phi) is 5.78. The van der Waals surface area contributed by atoms with Crippen molar-refractivity contribution in [1.82, 2.24) is 5.32 Å². The molecule has 0 rings (SSSR count). The van der Waals surface area contributed by atoms with Crippen molar-refractivity contribution in [2.24, 2.45) is 5.73 Å². The average Bonchev–Trinajstić information content (AvgIpc) is 2.17. The molecule has 0 aromatic carbocycles. The SMILES string of the molecule is C=C/C=C(\C=C/N)C(C)NC(=O)C(C)=O. The lowest BCUT2D eigenvalue weighted by Gasteiger charge is -2.13. The second-order valence-electron chi connectivity index (χ2n) is 3.01. The Morgan fingerprint density at radius 2 is 2.07 bits per heavy atom. The van der Waals surface area contributed by atoms with Crippen LogP contribution >= 0.6 is 0 Å². The maximum Gasteiger partial charge on any atom is 0.287 e. The zero-order valence-corrected chi connectivity index (χ0v) is 8.99. The van der Waals surface area contributed by atoms with E-state index in [2.05, 4.69) is 11.9 Å². The maximum atomic E-state index is 11.1. The molecule has 3 N–H and O–H groups in total. The Hall–Kier alpha value is -1.84. The summed E-state index contributed by atoms with van der Waals surface area (Å²) in [4.78, 5) is 21.8. The highest BCUT2D eigenvalue weighted by molar-refractivity contribution is 6.35. The minimum Gasteiger partial charge on any atom is -0.405 e. The van der Waals surface area contributed by atoms with Gasteiger partial charge in [-0.15, -0.1) is 0 Å². The van der Waals surface area contributed by atoms with Gasteiger partial charge in [0.25, 0.3) is 5.91 Å². The molecule has 0 saturated carbocycles. The predicted octanol–water partition coefficient (Wildman–Crippen LogP) is 0.665. The van der Waals surface area contributed by atoms with Crippen LogP contribution in [-0.2, 0) is 9.59 Å². The summed E-state index contributed by atoms with van der Waals surface area (Å²) in [6.45, 7) is 6.53. The largest absolute Gasteiger partial charge is 0.405 e. The van der Waals surface area contributed by atoms with Crippen LogP contribution in [0.1, 0.15) is 13.8 Å². The number of carbonyl (C=O) groups excluding carboxylic acids is 2. The number of hydrogen-bond donors (Lipinski definition) is 2. The number of hydrogen-bond acceptors (Lipinski definition) is 3. The Balaban J connectivity index is 4.59. The molecule has 0 aliphatic heterocycles. The molecule has 1 atom stereocenters. The molecular formula is C11H16N2O2. The molecule has 0 aliphatic rings. The first-order valence-electron chi connectivity index (χ1n) is 4.55. The number of amides is 1. The topological polar surface area (TPSA) is 72.2 Å². The van der Waals surface area contributed by atoms with E-state index < -0.39 is 11.7 Å². The third-order valence-corrected chi connectivity index (χ3v) is 1.77. The van der Waals surface area contributed by atoms with Gasteiger partial charge in [0.2, 0.25) is 5.78 Å². The number of allylic oxidation sites excluding steroid dienone is 2. The van der Waals surface area contributed by atoms with Crippen molar-refractivity contribution in [2.75, 3.05) is 0 Å². The second-order valence-corrected chi connectivity index (χ2v) is 3.01. The van der Waals surface area contributed by atoms with Gasteiger partial charge < -0.3 is 11.1 Å². The van der Waals surface area contributed by atoms with Gasteiger partial charge in [-0.2, -0.15) is 0 Å².